The van der Waals surface area contributed by atoms with Gasteiger partial charge in [-0.2, -0.15) is 0 Å². The van der Waals surface area contributed by atoms with Gasteiger partial charge < -0.3 is 25.8 Å². The third-order valence-corrected chi connectivity index (χ3v) is 5.67. The van der Waals surface area contributed by atoms with E-state index in [0.29, 0.717) is 23.7 Å². The minimum atomic E-state index is -1.02. The smallest absolute Gasteiger partial charge is 0.408 e. The molecule has 0 unspecified atom stereocenters. The van der Waals surface area contributed by atoms with Crippen LogP contribution in [-0.2, 0) is 22.7 Å². The molecule has 0 spiro atoms. The Hall–Kier alpha value is -4.69. The molecule has 0 fully saturated rings. The summed E-state index contributed by atoms with van der Waals surface area (Å²) >= 11 is 0. The fourth-order valence-electron chi connectivity index (χ4n) is 3.74. The molecule has 188 valence electrons. The van der Waals surface area contributed by atoms with Gasteiger partial charge in [-0.3, -0.25) is 4.79 Å². The molecule has 0 bridgehead atoms. The normalized spacial score (nSPS) is 11.3. The van der Waals surface area contributed by atoms with Crippen molar-refractivity contribution < 1.29 is 19.1 Å². The molecule has 4 N–H and O–H groups in total. The van der Waals surface area contributed by atoms with Gasteiger partial charge in [-0.25, -0.2) is 9.78 Å². The highest BCUT2D eigenvalue weighted by atomic mass is 16.5. The van der Waals surface area contributed by atoms with E-state index in [0.717, 1.165) is 22.3 Å². The van der Waals surface area contributed by atoms with E-state index >= 15 is 0 Å². The molecule has 1 aromatic heterocycles. The van der Waals surface area contributed by atoms with Crippen molar-refractivity contribution in [2.75, 3.05) is 12.4 Å². The van der Waals surface area contributed by atoms with Crippen LogP contribution in [0.4, 0.5) is 10.5 Å². The molecule has 1 heterocycles. The zero-order chi connectivity index (χ0) is 26.0. The van der Waals surface area contributed by atoms with E-state index in [9.17, 15) is 9.59 Å². The summed E-state index contributed by atoms with van der Waals surface area (Å²) in [5, 5.41) is 5.59. The van der Waals surface area contributed by atoms with Crippen LogP contribution in [0.1, 0.15) is 22.7 Å². The molecular formula is C29H28N4O4. The van der Waals surface area contributed by atoms with Crippen LogP contribution in [0.15, 0.2) is 97.2 Å². The largest absolute Gasteiger partial charge is 0.481 e. The molecule has 1 atom stereocenters. The van der Waals surface area contributed by atoms with Gasteiger partial charge >= 0.3 is 6.09 Å². The highest BCUT2D eigenvalue weighted by Gasteiger charge is 2.24. The zero-order valence-electron chi connectivity index (χ0n) is 20.4. The Kier molecular flexibility index (Phi) is 8.46. The summed E-state index contributed by atoms with van der Waals surface area (Å²) in [5.74, 6) is 0.0792. The fourth-order valence-corrected chi connectivity index (χ4v) is 3.74. The van der Waals surface area contributed by atoms with Crippen molar-refractivity contribution >= 4 is 17.7 Å². The number of rotatable bonds is 9. The Morgan fingerprint density at radius 2 is 1.68 bits per heavy atom. The number of carbonyl (C=O) groups is 2. The number of nitrogens with zero attached hydrogens (tertiary/aromatic N) is 1. The lowest BCUT2D eigenvalue weighted by molar-refractivity contribution is -0.118. The maximum absolute atomic E-state index is 13.4. The number of amides is 2. The van der Waals surface area contributed by atoms with Gasteiger partial charge in [0.25, 0.3) is 5.91 Å². The number of aromatic nitrogens is 1. The SMILES string of the molecule is COc1ccc(-c2cccc([C@@H](NC(=O)OCc3ccccc3)C(=O)Nc3cccc(CN)c3)c2)cn1. The molecule has 4 rings (SSSR count). The molecule has 0 saturated carbocycles. The van der Waals surface area contributed by atoms with Crippen molar-refractivity contribution in [1.29, 1.82) is 0 Å². The lowest BCUT2D eigenvalue weighted by Gasteiger charge is -2.20. The van der Waals surface area contributed by atoms with Crippen LogP contribution in [0, 0.1) is 0 Å². The first-order valence-electron chi connectivity index (χ1n) is 11.7. The van der Waals surface area contributed by atoms with E-state index in [2.05, 4.69) is 15.6 Å². The Morgan fingerprint density at radius 1 is 0.892 bits per heavy atom. The van der Waals surface area contributed by atoms with Gasteiger partial charge in [-0.05, 0) is 46.5 Å². The van der Waals surface area contributed by atoms with Gasteiger partial charge in [0.1, 0.15) is 12.6 Å². The summed E-state index contributed by atoms with van der Waals surface area (Å²) < 4.78 is 10.5. The summed E-state index contributed by atoms with van der Waals surface area (Å²) in [6.07, 6.45) is 0.976. The minimum absolute atomic E-state index is 0.0805. The van der Waals surface area contributed by atoms with Gasteiger partial charge in [0.2, 0.25) is 5.88 Å². The van der Waals surface area contributed by atoms with Crippen molar-refractivity contribution in [3.05, 3.63) is 114 Å². The maximum atomic E-state index is 13.4. The van der Waals surface area contributed by atoms with Gasteiger partial charge in [-0.1, -0.05) is 60.7 Å². The second kappa shape index (κ2) is 12.3. The first kappa shape index (κ1) is 25.4. The van der Waals surface area contributed by atoms with Crippen molar-refractivity contribution in [3.8, 4) is 17.0 Å². The van der Waals surface area contributed by atoms with E-state index in [1.807, 2.05) is 66.7 Å². The van der Waals surface area contributed by atoms with Crippen molar-refractivity contribution in [1.82, 2.24) is 10.3 Å². The number of methoxy groups -OCH3 is 1. The molecule has 37 heavy (non-hydrogen) atoms. The van der Waals surface area contributed by atoms with Crippen LogP contribution in [0.25, 0.3) is 11.1 Å². The Morgan fingerprint density at radius 3 is 2.41 bits per heavy atom. The van der Waals surface area contributed by atoms with E-state index in [-0.39, 0.29) is 6.61 Å². The number of anilines is 1. The number of hydrogen-bond donors (Lipinski definition) is 3. The number of carbonyl (C=O) groups excluding carboxylic acids is 2. The maximum Gasteiger partial charge on any atom is 0.408 e. The fraction of sp³-hybridized carbons (Fsp3) is 0.138. The van der Waals surface area contributed by atoms with Crippen LogP contribution in [0.5, 0.6) is 5.88 Å². The number of alkyl carbamates (subject to hydrolysis) is 1. The van der Waals surface area contributed by atoms with E-state index < -0.39 is 18.0 Å². The third kappa shape index (κ3) is 6.93. The van der Waals surface area contributed by atoms with Crippen LogP contribution in [0.2, 0.25) is 0 Å². The molecule has 0 saturated heterocycles. The second-order valence-electron chi connectivity index (χ2n) is 8.25. The van der Waals surface area contributed by atoms with Crippen LogP contribution in [-0.4, -0.2) is 24.1 Å². The zero-order valence-corrected chi connectivity index (χ0v) is 20.4. The Bertz CT molecular complexity index is 1340. The molecule has 0 radical (unpaired) electrons. The van der Waals surface area contributed by atoms with Crippen molar-refractivity contribution in [2.45, 2.75) is 19.2 Å². The molecule has 8 nitrogen and oxygen atoms in total. The number of pyridine rings is 1. The number of ether oxygens (including phenoxy) is 2. The van der Waals surface area contributed by atoms with E-state index in [1.54, 1.807) is 37.6 Å². The molecule has 8 heteroatoms. The van der Waals surface area contributed by atoms with Gasteiger partial charge in [0.15, 0.2) is 0 Å². The summed E-state index contributed by atoms with van der Waals surface area (Å²) in [5.41, 5.74) is 10.3. The minimum Gasteiger partial charge on any atom is -0.481 e. The predicted octanol–water partition coefficient (Wildman–Crippen LogP) is 4.82. The van der Waals surface area contributed by atoms with Crippen LogP contribution < -0.4 is 21.1 Å². The topological polar surface area (TPSA) is 116 Å². The van der Waals surface area contributed by atoms with Gasteiger partial charge in [-0.15, -0.1) is 0 Å². The number of benzene rings is 3. The summed E-state index contributed by atoms with van der Waals surface area (Å²) in [4.78, 5) is 30.4. The number of hydrogen-bond acceptors (Lipinski definition) is 6. The van der Waals surface area contributed by atoms with E-state index in [1.165, 1.54) is 0 Å². The second-order valence-corrected chi connectivity index (χ2v) is 8.25. The molecule has 4 aromatic rings. The highest BCUT2D eigenvalue weighted by molar-refractivity contribution is 5.97. The third-order valence-electron chi connectivity index (χ3n) is 5.67. The first-order chi connectivity index (χ1) is 18.1. The predicted molar refractivity (Wildman–Crippen MR) is 142 cm³/mol. The Balaban J connectivity index is 1.58. The van der Waals surface area contributed by atoms with Gasteiger partial charge in [0, 0.05) is 30.1 Å². The lowest BCUT2D eigenvalue weighted by Crippen LogP contribution is -2.37. The summed E-state index contributed by atoms with van der Waals surface area (Å²) in [7, 11) is 1.55. The molecule has 0 aliphatic rings. The monoisotopic (exact) mass is 496 g/mol. The molecule has 0 aliphatic carbocycles. The summed E-state index contributed by atoms with van der Waals surface area (Å²) in [6, 6.07) is 26.5. The molecule has 3 aromatic carbocycles. The van der Waals surface area contributed by atoms with Crippen LogP contribution >= 0.6 is 0 Å². The standard InChI is InChI=1S/C29H28N4O4/c1-36-26-14-13-24(18-31-26)22-10-6-11-23(16-22)27(28(34)32-25-12-5-9-21(15-25)17-30)33-29(35)37-19-20-7-3-2-4-8-20/h2-16,18,27H,17,19,30H2,1H3,(H,32,34)(H,33,35)/t27-/m1/s1. The highest BCUT2D eigenvalue weighted by Crippen LogP contribution is 2.25. The first-order valence-corrected chi connectivity index (χ1v) is 11.7. The molecular weight excluding hydrogens is 468 g/mol. The number of nitrogens with two attached hydrogens (primary N) is 1. The lowest BCUT2D eigenvalue weighted by atomic mass is 9.99. The molecule has 2 amide bonds. The van der Waals surface area contributed by atoms with E-state index in [4.69, 9.17) is 15.2 Å². The number of nitrogens with one attached hydrogen (secondary N) is 2. The summed E-state index contributed by atoms with van der Waals surface area (Å²) in [6.45, 7) is 0.423. The average Bonchev–Trinajstić information content (AvgIpc) is 2.95. The quantitative estimate of drug-likeness (QED) is 0.306. The average molecular weight is 497 g/mol. The van der Waals surface area contributed by atoms with Crippen LogP contribution in [0.3, 0.4) is 0 Å². The van der Waals surface area contributed by atoms with Crippen molar-refractivity contribution in [3.63, 3.8) is 0 Å². The Labute approximate surface area is 215 Å². The van der Waals surface area contributed by atoms with Crippen molar-refractivity contribution in [2.24, 2.45) is 5.73 Å². The molecule has 0 aliphatic heterocycles. The van der Waals surface area contributed by atoms with Gasteiger partial charge in [0.05, 0.1) is 7.11 Å².